The third-order valence-corrected chi connectivity index (χ3v) is 6.62. The Bertz CT molecular complexity index is 888. The molecular weight excluding hydrogens is 380 g/mol. The second-order valence-corrected chi connectivity index (χ2v) is 9.70. The Kier molecular flexibility index (Phi) is 5.22. The van der Waals surface area contributed by atoms with Crippen LogP contribution in [0.2, 0.25) is 0 Å². The van der Waals surface area contributed by atoms with E-state index in [1.54, 1.807) is 23.3 Å². The molecule has 0 N–H and O–H groups in total. The highest BCUT2D eigenvalue weighted by molar-refractivity contribution is 7.15. The average molecular weight is 406 g/mol. The van der Waals surface area contributed by atoms with Crippen LogP contribution in [0.1, 0.15) is 38.5 Å². The Hall–Kier alpha value is -1.86. The van der Waals surface area contributed by atoms with Gasteiger partial charge < -0.3 is 4.74 Å². The van der Waals surface area contributed by atoms with Crippen molar-refractivity contribution in [2.45, 2.75) is 46.8 Å². The van der Waals surface area contributed by atoms with Crippen LogP contribution in [0.3, 0.4) is 0 Å². The number of ether oxygens (including phenoxy) is 1. The molecule has 0 radical (unpaired) electrons. The van der Waals surface area contributed by atoms with Crippen molar-refractivity contribution in [1.82, 2.24) is 14.9 Å². The maximum atomic E-state index is 12.6. The zero-order chi connectivity index (χ0) is 19.9. The summed E-state index contributed by atoms with van der Waals surface area (Å²) in [5, 5.41) is 0.659. The summed E-state index contributed by atoms with van der Waals surface area (Å²) in [5.74, 6) is 0.523. The number of rotatable bonds is 5. The quantitative estimate of drug-likeness (QED) is 0.627. The number of hydrogen-bond acceptors (Lipinski definition) is 5. The van der Waals surface area contributed by atoms with Gasteiger partial charge in [-0.15, -0.1) is 11.3 Å². The first-order valence-corrected chi connectivity index (χ1v) is 10.4. The molecule has 7 heteroatoms. The average Bonchev–Trinajstić information content (AvgIpc) is 3.04. The van der Waals surface area contributed by atoms with Crippen LogP contribution in [-0.2, 0) is 6.54 Å². The molecule has 2 aliphatic rings. The summed E-state index contributed by atoms with van der Waals surface area (Å²) in [6, 6.07) is 3.42. The van der Waals surface area contributed by atoms with Crippen molar-refractivity contribution in [3.8, 4) is 16.5 Å². The van der Waals surface area contributed by atoms with Gasteiger partial charge in [-0.2, -0.15) is 8.78 Å². The van der Waals surface area contributed by atoms with Crippen molar-refractivity contribution in [3.63, 3.8) is 0 Å². The van der Waals surface area contributed by atoms with Crippen molar-refractivity contribution in [3.05, 3.63) is 40.5 Å². The molecule has 0 bridgehead atoms. The van der Waals surface area contributed by atoms with Crippen molar-refractivity contribution in [1.29, 1.82) is 0 Å². The Morgan fingerprint density at radius 1 is 1.29 bits per heavy atom. The van der Waals surface area contributed by atoms with Gasteiger partial charge in [0.1, 0.15) is 5.01 Å². The van der Waals surface area contributed by atoms with Crippen LogP contribution in [0.25, 0.3) is 10.6 Å². The van der Waals surface area contributed by atoms with E-state index in [0.717, 1.165) is 24.5 Å². The summed E-state index contributed by atoms with van der Waals surface area (Å²) in [7, 11) is 0. The summed E-state index contributed by atoms with van der Waals surface area (Å²) in [4.78, 5) is 12.0. The van der Waals surface area contributed by atoms with Crippen LogP contribution in [-0.4, -0.2) is 34.6 Å². The molecule has 2 aromatic heterocycles. The molecule has 1 aliphatic heterocycles. The summed E-state index contributed by atoms with van der Waals surface area (Å²) in [6.45, 7) is 6.97. The normalized spacial score (nSPS) is 20.3. The first-order valence-electron chi connectivity index (χ1n) is 9.59. The molecule has 1 unspecified atom stereocenters. The van der Waals surface area contributed by atoms with Crippen LogP contribution in [0, 0.1) is 11.3 Å². The van der Waals surface area contributed by atoms with Crippen LogP contribution in [0.4, 0.5) is 8.78 Å². The number of pyridine rings is 1. The molecular formula is C21H25F2N3OS. The number of hydrogen-bond donors (Lipinski definition) is 0. The van der Waals surface area contributed by atoms with Gasteiger partial charge in [0.15, 0.2) is 0 Å². The van der Waals surface area contributed by atoms with Gasteiger partial charge in [-0.3, -0.25) is 4.90 Å². The predicted molar refractivity (Wildman–Crippen MR) is 106 cm³/mol. The van der Waals surface area contributed by atoms with Crippen molar-refractivity contribution < 1.29 is 13.5 Å². The van der Waals surface area contributed by atoms with E-state index in [1.807, 2.05) is 6.20 Å². The Balaban J connectivity index is 1.51. The van der Waals surface area contributed by atoms with Crippen LogP contribution in [0.15, 0.2) is 35.7 Å². The van der Waals surface area contributed by atoms with E-state index in [0.29, 0.717) is 16.5 Å². The molecule has 0 aromatic carbocycles. The summed E-state index contributed by atoms with van der Waals surface area (Å²) in [5.41, 5.74) is 4.05. The van der Waals surface area contributed by atoms with E-state index in [2.05, 4.69) is 40.4 Å². The fourth-order valence-corrected chi connectivity index (χ4v) is 5.10. The molecule has 2 aromatic rings. The smallest absolute Gasteiger partial charge is 0.388 e. The van der Waals surface area contributed by atoms with Crippen molar-refractivity contribution in [2.75, 3.05) is 13.1 Å². The Morgan fingerprint density at radius 3 is 2.79 bits per heavy atom. The molecule has 3 heterocycles. The SMILES string of the molecule is CC(C)(C)C1CN(Cc2cnc(-c3cccnc3OC(F)F)s2)CC2=C1CC2. The van der Waals surface area contributed by atoms with E-state index >= 15 is 0 Å². The Morgan fingerprint density at radius 2 is 2.11 bits per heavy atom. The molecule has 0 spiro atoms. The Labute approximate surface area is 168 Å². The van der Waals surface area contributed by atoms with E-state index in [1.165, 1.54) is 30.4 Å². The fraction of sp³-hybridized carbons (Fsp3) is 0.524. The zero-order valence-corrected chi connectivity index (χ0v) is 17.2. The largest absolute Gasteiger partial charge is 0.416 e. The van der Waals surface area contributed by atoms with Gasteiger partial charge in [-0.1, -0.05) is 31.9 Å². The van der Waals surface area contributed by atoms with Gasteiger partial charge >= 0.3 is 6.61 Å². The second kappa shape index (κ2) is 7.52. The predicted octanol–water partition coefficient (Wildman–Crippen LogP) is 5.37. The van der Waals surface area contributed by atoms with Crippen LogP contribution < -0.4 is 4.74 Å². The second-order valence-electron chi connectivity index (χ2n) is 8.58. The first kappa shape index (κ1) is 19.5. The lowest BCUT2D eigenvalue weighted by Gasteiger charge is -2.46. The molecule has 150 valence electrons. The van der Waals surface area contributed by atoms with Gasteiger partial charge in [-0.05, 0) is 36.3 Å². The van der Waals surface area contributed by atoms with Crippen LogP contribution >= 0.6 is 11.3 Å². The highest BCUT2D eigenvalue weighted by Crippen LogP contribution is 2.46. The highest BCUT2D eigenvalue weighted by atomic mass is 32.1. The minimum Gasteiger partial charge on any atom is -0.416 e. The molecule has 4 rings (SSSR count). The lowest BCUT2D eigenvalue weighted by molar-refractivity contribution is -0.0524. The lowest BCUT2D eigenvalue weighted by atomic mass is 9.67. The standard InChI is InChI=1S/C21H25F2N3OS/c1-21(2,3)17-12-26(10-13-6-7-15(13)17)11-14-9-25-19(28-14)16-5-4-8-24-18(16)27-20(22)23/h4-5,8-9,17,20H,6-7,10-12H2,1-3H3. The first-order chi connectivity index (χ1) is 13.3. The fourth-order valence-electron chi connectivity index (χ4n) is 4.12. The monoisotopic (exact) mass is 405 g/mol. The maximum Gasteiger partial charge on any atom is 0.388 e. The number of alkyl halides is 2. The minimum absolute atomic E-state index is 0.0755. The van der Waals surface area contributed by atoms with E-state index in [-0.39, 0.29) is 11.3 Å². The van der Waals surface area contributed by atoms with Gasteiger partial charge in [0.05, 0.1) is 5.56 Å². The molecule has 4 nitrogen and oxygen atoms in total. The van der Waals surface area contributed by atoms with Crippen LogP contribution in [0.5, 0.6) is 5.88 Å². The number of thiazole rings is 1. The number of halogens is 2. The number of aromatic nitrogens is 2. The highest BCUT2D eigenvalue weighted by Gasteiger charge is 2.38. The molecule has 0 saturated heterocycles. The zero-order valence-electron chi connectivity index (χ0n) is 16.4. The number of likely N-dealkylation sites (tertiary alicyclic amines) is 1. The summed E-state index contributed by atoms with van der Waals surface area (Å²) >= 11 is 1.52. The molecule has 28 heavy (non-hydrogen) atoms. The van der Waals surface area contributed by atoms with E-state index in [9.17, 15) is 8.78 Å². The third kappa shape index (κ3) is 3.96. The van der Waals surface area contributed by atoms with Gasteiger partial charge in [0.25, 0.3) is 0 Å². The van der Waals surface area contributed by atoms with E-state index in [4.69, 9.17) is 0 Å². The molecule has 1 atom stereocenters. The van der Waals surface area contributed by atoms with E-state index < -0.39 is 6.61 Å². The lowest BCUT2D eigenvalue weighted by Crippen LogP contribution is -2.44. The van der Waals surface area contributed by atoms with Crippen molar-refractivity contribution >= 4 is 11.3 Å². The van der Waals surface area contributed by atoms with Gasteiger partial charge in [0.2, 0.25) is 5.88 Å². The molecule has 1 aliphatic carbocycles. The maximum absolute atomic E-state index is 12.6. The van der Waals surface area contributed by atoms with Crippen molar-refractivity contribution in [2.24, 2.45) is 11.3 Å². The van der Waals surface area contributed by atoms with Gasteiger partial charge in [-0.25, -0.2) is 9.97 Å². The topological polar surface area (TPSA) is 38.2 Å². The summed E-state index contributed by atoms with van der Waals surface area (Å²) in [6.07, 6.45) is 5.76. The molecule has 0 fully saturated rings. The third-order valence-electron chi connectivity index (χ3n) is 5.61. The summed E-state index contributed by atoms with van der Waals surface area (Å²) < 4.78 is 29.8. The molecule has 0 saturated carbocycles. The number of nitrogens with zero attached hydrogens (tertiary/aromatic N) is 3. The molecule has 0 amide bonds. The minimum atomic E-state index is -2.90. The van der Waals surface area contributed by atoms with Gasteiger partial charge in [0, 0.05) is 36.9 Å².